The van der Waals surface area contributed by atoms with Crippen molar-refractivity contribution in [2.75, 3.05) is 33.9 Å². The van der Waals surface area contributed by atoms with Crippen molar-refractivity contribution in [2.45, 2.75) is 59.7 Å². The minimum atomic E-state index is -0.157. The second kappa shape index (κ2) is 14.5. The van der Waals surface area contributed by atoms with E-state index in [4.69, 9.17) is 26.1 Å². The molecule has 1 aliphatic heterocycles. The zero-order chi connectivity index (χ0) is 31.2. The summed E-state index contributed by atoms with van der Waals surface area (Å²) in [6.45, 7) is 11.5. The van der Waals surface area contributed by atoms with Crippen molar-refractivity contribution in [3.63, 3.8) is 0 Å². The van der Waals surface area contributed by atoms with Gasteiger partial charge in [0.15, 0.2) is 11.5 Å². The van der Waals surface area contributed by atoms with Crippen LogP contribution < -0.4 is 9.47 Å². The zero-order valence-corrected chi connectivity index (χ0v) is 27.4. The molecule has 1 saturated heterocycles. The Hall–Kier alpha value is -3.55. The van der Waals surface area contributed by atoms with Gasteiger partial charge in [0.2, 0.25) is 0 Å². The Morgan fingerprint density at radius 1 is 0.977 bits per heavy atom. The average molecular weight is 617 g/mol. The number of amides is 1. The van der Waals surface area contributed by atoms with E-state index in [0.29, 0.717) is 47.6 Å². The van der Waals surface area contributed by atoms with Gasteiger partial charge in [-0.2, -0.15) is 0 Å². The number of imidazole rings is 1. The molecule has 3 aromatic carbocycles. The standard InChI is InChI=1S/C36H45ClN4O3/c1-25(2)14-19-40(36(42)29-20-33(43-4)34(44-5)21-30(29)37)24-35-38-31-12-8-9-13-32(31)41(35)23-28-11-7-6-10-27(28)22-39-17-15-26(3)16-18-39/h6-13,20-21,25-26H,14-19,22-24H2,1-5H3. The lowest BCUT2D eigenvalue weighted by Gasteiger charge is -2.31. The molecule has 8 heteroatoms. The first-order chi connectivity index (χ1) is 21.3. The lowest BCUT2D eigenvalue weighted by atomic mass is 9.98. The second-order valence-electron chi connectivity index (χ2n) is 12.4. The minimum Gasteiger partial charge on any atom is -0.493 e. The number of likely N-dealkylation sites (tertiary alicyclic amines) is 1. The molecule has 0 unspecified atom stereocenters. The molecule has 7 nitrogen and oxygen atoms in total. The molecule has 0 spiro atoms. The van der Waals surface area contributed by atoms with Crippen LogP contribution in [0.15, 0.2) is 60.7 Å². The highest BCUT2D eigenvalue weighted by atomic mass is 35.5. The van der Waals surface area contributed by atoms with Crippen LogP contribution in [-0.4, -0.2) is 59.1 Å². The predicted octanol–water partition coefficient (Wildman–Crippen LogP) is 7.68. The van der Waals surface area contributed by atoms with Gasteiger partial charge < -0.3 is 18.9 Å². The number of methoxy groups -OCH3 is 2. The Balaban J connectivity index is 1.49. The van der Waals surface area contributed by atoms with Crippen LogP contribution >= 0.6 is 11.6 Å². The summed E-state index contributed by atoms with van der Waals surface area (Å²) in [7, 11) is 3.11. The van der Waals surface area contributed by atoms with Crippen molar-refractivity contribution < 1.29 is 14.3 Å². The van der Waals surface area contributed by atoms with Gasteiger partial charge in [0.25, 0.3) is 5.91 Å². The normalized spacial score (nSPS) is 14.3. The third kappa shape index (κ3) is 7.39. The van der Waals surface area contributed by atoms with Crippen LogP contribution in [0.25, 0.3) is 11.0 Å². The van der Waals surface area contributed by atoms with Crippen molar-refractivity contribution in [1.82, 2.24) is 19.4 Å². The summed E-state index contributed by atoms with van der Waals surface area (Å²) in [6.07, 6.45) is 3.36. The summed E-state index contributed by atoms with van der Waals surface area (Å²) in [4.78, 5) is 23.6. The monoisotopic (exact) mass is 616 g/mol. The van der Waals surface area contributed by atoms with E-state index in [0.717, 1.165) is 48.8 Å². The Morgan fingerprint density at radius 2 is 1.61 bits per heavy atom. The molecular formula is C36H45ClN4O3. The average Bonchev–Trinajstić information content (AvgIpc) is 3.37. The molecule has 2 heterocycles. The molecule has 0 aliphatic carbocycles. The maximum absolute atomic E-state index is 14.1. The van der Waals surface area contributed by atoms with Crippen LogP contribution in [0.2, 0.25) is 5.02 Å². The van der Waals surface area contributed by atoms with Crippen molar-refractivity contribution >= 4 is 28.5 Å². The second-order valence-corrected chi connectivity index (χ2v) is 12.8. The molecule has 0 saturated carbocycles. The summed E-state index contributed by atoms with van der Waals surface area (Å²) in [5.74, 6) is 2.88. The number of rotatable bonds is 12. The number of hydrogen-bond acceptors (Lipinski definition) is 5. The molecule has 234 valence electrons. The highest BCUT2D eigenvalue weighted by Gasteiger charge is 2.25. The molecule has 1 aliphatic rings. The number of nitrogens with zero attached hydrogens (tertiary/aromatic N) is 4. The maximum atomic E-state index is 14.1. The van der Waals surface area contributed by atoms with E-state index in [1.807, 2.05) is 17.0 Å². The van der Waals surface area contributed by atoms with Crippen molar-refractivity contribution in [1.29, 1.82) is 0 Å². The SMILES string of the molecule is COc1cc(Cl)c(C(=O)N(CCC(C)C)Cc2nc3ccccc3n2Cc2ccccc2CN2CCC(C)CC2)cc1OC. The van der Waals surface area contributed by atoms with Gasteiger partial charge in [-0.15, -0.1) is 0 Å². The number of halogens is 1. The molecule has 0 atom stereocenters. The number of benzene rings is 3. The minimum absolute atomic E-state index is 0.157. The van der Waals surface area contributed by atoms with E-state index in [-0.39, 0.29) is 5.91 Å². The number of carbonyl (C=O) groups excluding carboxylic acids is 1. The number of para-hydroxylation sites is 2. The number of aromatic nitrogens is 2. The molecule has 0 N–H and O–H groups in total. The first-order valence-electron chi connectivity index (χ1n) is 15.7. The van der Waals surface area contributed by atoms with Crippen LogP contribution in [0.5, 0.6) is 11.5 Å². The molecule has 1 fully saturated rings. The number of fused-ring (bicyclic) bond motifs is 1. The van der Waals surface area contributed by atoms with E-state index < -0.39 is 0 Å². The van der Waals surface area contributed by atoms with Crippen LogP contribution in [0.4, 0.5) is 0 Å². The van der Waals surface area contributed by atoms with E-state index in [1.165, 1.54) is 24.0 Å². The first kappa shape index (κ1) is 31.9. The quantitative estimate of drug-likeness (QED) is 0.163. The van der Waals surface area contributed by atoms with Gasteiger partial charge in [-0.05, 0) is 73.5 Å². The van der Waals surface area contributed by atoms with Gasteiger partial charge in [0.1, 0.15) is 5.82 Å². The third-order valence-corrected chi connectivity index (χ3v) is 9.06. The molecule has 0 radical (unpaired) electrons. The van der Waals surface area contributed by atoms with Crippen LogP contribution in [0, 0.1) is 11.8 Å². The molecular weight excluding hydrogens is 572 g/mol. The Kier molecular flexibility index (Phi) is 10.5. The Labute approximate surface area is 266 Å². The molecule has 4 aromatic rings. The molecule has 5 rings (SSSR count). The Morgan fingerprint density at radius 3 is 2.30 bits per heavy atom. The summed E-state index contributed by atoms with van der Waals surface area (Å²) in [5.41, 5.74) is 4.99. The van der Waals surface area contributed by atoms with Crippen molar-refractivity contribution in [2.24, 2.45) is 11.8 Å². The van der Waals surface area contributed by atoms with Crippen molar-refractivity contribution in [3.05, 3.63) is 88.2 Å². The summed E-state index contributed by atoms with van der Waals surface area (Å²) >= 11 is 6.64. The fraction of sp³-hybridized carbons (Fsp3) is 0.444. The van der Waals surface area contributed by atoms with E-state index >= 15 is 0 Å². The van der Waals surface area contributed by atoms with Crippen LogP contribution in [0.1, 0.15) is 67.3 Å². The van der Waals surface area contributed by atoms with Crippen molar-refractivity contribution in [3.8, 4) is 11.5 Å². The number of carbonyl (C=O) groups is 1. The van der Waals surface area contributed by atoms with E-state index in [1.54, 1.807) is 26.4 Å². The molecule has 44 heavy (non-hydrogen) atoms. The van der Waals surface area contributed by atoms with E-state index in [2.05, 4.69) is 66.6 Å². The maximum Gasteiger partial charge on any atom is 0.255 e. The predicted molar refractivity (Wildman–Crippen MR) is 178 cm³/mol. The van der Waals surface area contributed by atoms with Gasteiger partial charge in [-0.3, -0.25) is 9.69 Å². The summed E-state index contributed by atoms with van der Waals surface area (Å²) in [5, 5.41) is 0.330. The lowest BCUT2D eigenvalue weighted by molar-refractivity contribution is 0.0729. The largest absolute Gasteiger partial charge is 0.493 e. The number of piperidine rings is 1. The number of hydrogen-bond donors (Lipinski definition) is 0. The smallest absolute Gasteiger partial charge is 0.255 e. The highest BCUT2D eigenvalue weighted by molar-refractivity contribution is 6.34. The Bertz CT molecular complexity index is 1580. The van der Waals surface area contributed by atoms with Gasteiger partial charge in [-0.25, -0.2) is 4.98 Å². The zero-order valence-electron chi connectivity index (χ0n) is 26.7. The topological polar surface area (TPSA) is 59.8 Å². The van der Waals surface area contributed by atoms with Crippen LogP contribution in [0.3, 0.4) is 0 Å². The van der Waals surface area contributed by atoms with Crippen LogP contribution in [-0.2, 0) is 19.6 Å². The molecule has 0 bridgehead atoms. The fourth-order valence-electron chi connectivity index (χ4n) is 5.95. The fourth-order valence-corrected chi connectivity index (χ4v) is 6.18. The first-order valence-corrected chi connectivity index (χ1v) is 16.1. The third-order valence-electron chi connectivity index (χ3n) is 8.75. The summed E-state index contributed by atoms with van der Waals surface area (Å²) < 4.78 is 13.2. The lowest BCUT2D eigenvalue weighted by Crippen LogP contribution is -2.34. The molecule has 1 amide bonds. The molecule has 1 aromatic heterocycles. The van der Waals surface area contributed by atoms with Gasteiger partial charge in [0, 0.05) is 25.7 Å². The van der Waals surface area contributed by atoms with E-state index in [9.17, 15) is 4.79 Å². The highest BCUT2D eigenvalue weighted by Crippen LogP contribution is 2.34. The summed E-state index contributed by atoms with van der Waals surface area (Å²) in [6, 6.07) is 20.3. The number of ether oxygens (including phenoxy) is 2. The van der Waals surface area contributed by atoms with Gasteiger partial charge in [0.05, 0.1) is 42.4 Å². The van der Waals surface area contributed by atoms with Gasteiger partial charge in [-0.1, -0.05) is 68.8 Å². The van der Waals surface area contributed by atoms with Gasteiger partial charge >= 0.3 is 0 Å².